The number of nitrogen functional groups attached to an aromatic ring is 1. The number of halogens is 1. The summed E-state index contributed by atoms with van der Waals surface area (Å²) >= 11 is 0. The molecule has 0 bridgehead atoms. The Kier molecular flexibility index (Phi) is 3.67. The fourth-order valence-corrected chi connectivity index (χ4v) is 3.49. The molecular weight excluding hydrogens is 305 g/mol. The van der Waals surface area contributed by atoms with Crippen molar-refractivity contribution in [3.63, 3.8) is 0 Å². The highest BCUT2D eigenvalue weighted by atomic mass is 19.1. The second kappa shape index (κ2) is 5.85. The molecule has 5 nitrogen and oxygen atoms in total. The van der Waals surface area contributed by atoms with Gasteiger partial charge in [-0.25, -0.2) is 19.3 Å². The summed E-state index contributed by atoms with van der Waals surface area (Å²) in [5, 5.41) is 0. The Hall–Kier alpha value is -2.50. The molecular formula is C18H20FN5. The molecule has 0 atom stereocenters. The quantitative estimate of drug-likeness (QED) is 0.774. The lowest BCUT2D eigenvalue weighted by molar-refractivity contribution is 0.293. The largest absolute Gasteiger partial charge is 0.382 e. The van der Waals surface area contributed by atoms with Crippen molar-refractivity contribution < 1.29 is 4.39 Å². The molecule has 3 aromatic rings. The van der Waals surface area contributed by atoms with Gasteiger partial charge in [0.1, 0.15) is 11.3 Å². The van der Waals surface area contributed by atoms with Crippen molar-refractivity contribution in [1.82, 2.24) is 19.5 Å². The van der Waals surface area contributed by atoms with E-state index < -0.39 is 0 Å². The van der Waals surface area contributed by atoms with Crippen molar-refractivity contribution in [1.29, 1.82) is 0 Å². The number of benzene rings is 1. The van der Waals surface area contributed by atoms with E-state index in [1.807, 2.05) is 0 Å². The van der Waals surface area contributed by atoms with E-state index in [1.165, 1.54) is 18.9 Å². The number of anilines is 1. The van der Waals surface area contributed by atoms with Gasteiger partial charge in [-0.3, -0.25) is 0 Å². The third kappa shape index (κ3) is 2.52. The van der Waals surface area contributed by atoms with Crippen LogP contribution in [0.3, 0.4) is 0 Å². The molecule has 0 aliphatic heterocycles. The van der Waals surface area contributed by atoms with Crippen LogP contribution >= 0.6 is 0 Å². The summed E-state index contributed by atoms with van der Waals surface area (Å²) in [6.07, 6.45) is 6.40. The summed E-state index contributed by atoms with van der Waals surface area (Å²) in [6.45, 7) is 2.29. The molecule has 4 rings (SSSR count). The predicted molar refractivity (Wildman–Crippen MR) is 91.8 cm³/mol. The van der Waals surface area contributed by atoms with E-state index in [-0.39, 0.29) is 5.82 Å². The molecule has 6 heteroatoms. The summed E-state index contributed by atoms with van der Waals surface area (Å²) in [6, 6.07) is 6.85. The molecule has 124 valence electrons. The van der Waals surface area contributed by atoms with Crippen LogP contribution in [-0.4, -0.2) is 19.5 Å². The molecule has 2 heterocycles. The van der Waals surface area contributed by atoms with Gasteiger partial charge in [0.25, 0.3) is 0 Å². The average Bonchev–Trinajstić information content (AvgIpc) is 3.00. The summed E-state index contributed by atoms with van der Waals surface area (Å²) in [5.74, 6) is 1.02. The van der Waals surface area contributed by atoms with E-state index >= 15 is 0 Å². The van der Waals surface area contributed by atoms with E-state index in [1.54, 1.807) is 24.5 Å². The van der Waals surface area contributed by atoms with Gasteiger partial charge in [-0.05, 0) is 43.7 Å². The number of hydrogen-bond acceptors (Lipinski definition) is 4. The fraction of sp³-hybridized carbons (Fsp3) is 0.389. The van der Waals surface area contributed by atoms with Gasteiger partial charge in [-0.15, -0.1) is 0 Å². The Morgan fingerprint density at radius 3 is 2.62 bits per heavy atom. The molecule has 0 saturated heterocycles. The number of aromatic nitrogens is 4. The minimum atomic E-state index is -0.353. The minimum absolute atomic E-state index is 0.293. The van der Waals surface area contributed by atoms with Crippen molar-refractivity contribution in [3.05, 3.63) is 36.4 Å². The second-order valence-electron chi connectivity index (χ2n) is 6.65. The lowest BCUT2D eigenvalue weighted by Crippen LogP contribution is -2.16. The van der Waals surface area contributed by atoms with Crippen LogP contribution in [0.1, 0.15) is 38.6 Å². The number of nitrogens with two attached hydrogens (primary N) is 1. The van der Waals surface area contributed by atoms with Crippen LogP contribution in [0.2, 0.25) is 0 Å². The van der Waals surface area contributed by atoms with Crippen LogP contribution < -0.4 is 5.73 Å². The minimum Gasteiger partial charge on any atom is -0.382 e. The van der Waals surface area contributed by atoms with Gasteiger partial charge < -0.3 is 10.3 Å². The highest BCUT2D eigenvalue weighted by molar-refractivity contribution is 5.83. The van der Waals surface area contributed by atoms with Crippen molar-refractivity contribution in [3.8, 4) is 11.4 Å². The van der Waals surface area contributed by atoms with E-state index in [2.05, 4.69) is 26.4 Å². The standard InChI is InChI=1S/C18H20FN5/c1-11-6-8-12(9-7-11)24-10-21-15-16(20)22-17(23-18(15)24)13-4-2-3-5-14(13)19/h2-5,10-12H,6-9H2,1H3,(H2,20,22,23). The van der Waals surface area contributed by atoms with E-state index in [0.29, 0.717) is 34.4 Å². The van der Waals surface area contributed by atoms with Crippen molar-refractivity contribution in [2.75, 3.05) is 5.73 Å². The van der Waals surface area contributed by atoms with Gasteiger partial charge in [0.2, 0.25) is 0 Å². The van der Waals surface area contributed by atoms with E-state index in [9.17, 15) is 4.39 Å². The first-order chi connectivity index (χ1) is 11.6. The fourth-order valence-electron chi connectivity index (χ4n) is 3.49. The number of rotatable bonds is 2. The highest BCUT2D eigenvalue weighted by Gasteiger charge is 2.23. The van der Waals surface area contributed by atoms with Gasteiger partial charge in [-0.1, -0.05) is 19.1 Å². The molecule has 0 unspecified atom stereocenters. The van der Waals surface area contributed by atoms with Gasteiger partial charge in [0.15, 0.2) is 17.3 Å². The van der Waals surface area contributed by atoms with Crippen molar-refractivity contribution in [2.24, 2.45) is 5.92 Å². The Morgan fingerprint density at radius 1 is 1.12 bits per heavy atom. The summed E-state index contributed by atoms with van der Waals surface area (Å²) < 4.78 is 16.2. The summed E-state index contributed by atoms with van der Waals surface area (Å²) in [4.78, 5) is 13.2. The average molecular weight is 325 g/mol. The summed E-state index contributed by atoms with van der Waals surface area (Å²) in [7, 11) is 0. The molecule has 0 radical (unpaired) electrons. The number of imidazole rings is 1. The monoisotopic (exact) mass is 325 g/mol. The van der Waals surface area contributed by atoms with Crippen LogP contribution in [0.25, 0.3) is 22.6 Å². The molecule has 0 spiro atoms. The SMILES string of the molecule is CC1CCC(n2cnc3c(N)nc(-c4ccccc4F)nc32)CC1. The Labute approximate surface area is 139 Å². The van der Waals surface area contributed by atoms with Gasteiger partial charge in [0, 0.05) is 6.04 Å². The molecule has 1 aliphatic carbocycles. The van der Waals surface area contributed by atoms with Crippen LogP contribution in [0, 0.1) is 11.7 Å². The van der Waals surface area contributed by atoms with Gasteiger partial charge in [-0.2, -0.15) is 0 Å². The van der Waals surface area contributed by atoms with Crippen molar-refractivity contribution in [2.45, 2.75) is 38.6 Å². The number of hydrogen-bond donors (Lipinski definition) is 1. The maximum Gasteiger partial charge on any atom is 0.167 e. The van der Waals surface area contributed by atoms with Crippen LogP contribution in [0.5, 0.6) is 0 Å². The molecule has 1 aromatic carbocycles. The second-order valence-corrected chi connectivity index (χ2v) is 6.65. The molecule has 2 N–H and O–H groups in total. The van der Waals surface area contributed by atoms with Crippen molar-refractivity contribution >= 4 is 17.0 Å². The first-order valence-electron chi connectivity index (χ1n) is 8.38. The maximum atomic E-state index is 14.1. The number of fused-ring (bicyclic) bond motifs is 1. The molecule has 24 heavy (non-hydrogen) atoms. The predicted octanol–water partition coefficient (Wildman–Crippen LogP) is 3.97. The maximum absolute atomic E-state index is 14.1. The lowest BCUT2D eigenvalue weighted by Gasteiger charge is -2.27. The zero-order valence-corrected chi connectivity index (χ0v) is 13.6. The zero-order chi connectivity index (χ0) is 16.7. The zero-order valence-electron chi connectivity index (χ0n) is 13.6. The Balaban J connectivity index is 1.82. The topological polar surface area (TPSA) is 69.6 Å². The van der Waals surface area contributed by atoms with Crippen LogP contribution in [-0.2, 0) is 0 Å². The molecule has 0 amide bonds. The third-order valence-corrected chi connectivity index (χ3v) is 4.94. The first kappa shape index (κ1) is 15.1. The van der Waals surface area contributed by atoms with Crippen LogP contribution in [0.4, 0.5) is 10.2 Å². The van der Waals surface area contributed by atoms with E-state index in [0.717, 1.165) is 18.8 Å². The first-order valence-corrected chi connectivity index (χ1v) is 8.38. The Morgan fingerprint density at radius 2 is 1.88 bits per heavy atom. The summed E-state index contributed by atoms with van der Waals surface area (Å²) in [5.41, 5.74) is 7.70. The molecule has 1 aliphatic rings. The highest BCUT2D eigenvalue weighted by Crippen LogP contribution is 2.34. The van der Waals surface area contributed by atoms with E-state index in [4.69, 9.17) is 5.73 Å². The smallest absolute Gasteiger partial charge is 0.167 e. The third-order valence-electron chi connectivity index (χ3n) is 4.94. The van der Waals surface area contributed by atoms with Gasteiger partial charge in [0.05, 0.1) is 11.9 Å². The molecule has 1 saturated carbocycles. The number of nitrogens with zero attached hydrogens (tertiary/aromatic N) is 4. The van der Waals surface area contributed by atoms with Gasteiger partial charge >= 0.3 is 0 Å². The lowest BCUT2D eigenvalue weighted by atomic mass is 9.87. The normalized spacial score (nSPS) is 21.2. The molecule has 2 aromatic heterocycles. The van der Waals surface area contributed by atoms with Crippen LogP contribution in [0.15, 0.2) is 30.6 Å². The Bertz CT molecular complexity index is 880. The molecule has 1 fully saturated rings.